The largest absolute Gasteiger partial charge is 0.384 e. The second kappa shape index (κ2) is 4.84. The van der Waals surface area contributed by atoms with Crippen molar-refractivity contribution in [2.75, 3.05) is 18.5 Å². The number of nitrogens with two attached hydrogens (primary N) is 1. The van der Waals surface area contributed by atoms with Crippen LogP contribution in [0.4, 0.5) is 5.69 Å². The van der Waals surface area contributed by atoms with Gasteiger partial charge in [0.15, 0.2) is 6.61 Å². The smallest absolute Gasteiger partial charge is 0.274 e. The zero-order chi connectivity index (χ0) is 12.3. The van der Waals surface area contributed by atoms with Crippen molar-refractivity contribution in [1.29, 1.82) is 0 Å². The van der Waals surface area contributed by atoms with Crippen LogP contribution in [0.1, 0.15) is 15.9 Å². The molecule has 6 heteroatoms. The molecule has 0 unspecified atom stereocenters. The first-order chi connectivity index (χ1) is 8.16. The molecule has 0 spiro atoms. The first kappa shape index (κ1) is 11.4. The van der Waals surface area contributed by atoms with Crippen LogP contribution in [0.3, 0.4) is 0 Å². The molecule has 0 radical (unpaired) electrons. The maximum Gasteiger partial charge on any atom is 0.274 e. The average molecular weight is 235 g/mol. The first-order valence-corrected chi connectivity index (χ1v) is 5.24. The molecule has 0 saturated carbocycles. The summed E-state index contributed by atoms with van der Waals surface area (Å²) in [6.45, 7) is 0.552. The zero-order valence-corrected chi connectivity index (χ0v) is 9.16. The minimum atomic E-state index is -0.636. The molecule has 4 N–H and O–H groups in total. The Morgan fingerprint density at radius 1 is 1.47 bits per heavy atom. The summed E-state index contributed by atoms with van der Waals surface area (Å²) < 4.78 is 0. The van der Waals surface area contributed by atoms with Crippen molar-refractivity contribution in [2.24, 2.45) is 5.73 Å². The molecule has 6 nitrogen and oxygen atoms in total. The lowest BCUT2D eigenvalue weighted by Gasteiger charge is -2.06. The Morgan fingerprint density at radius 2 is 2.29 bits per heavy atom. The summed E-state index contributed by atoms with van der Waals surface area (Å²) in [4.78, 5) is 26.7. The Hall–Kier alpha value is -2.08. The van der Waals surface area contributed by atoms with E-state index in [-0.39, 0.29) is 12.5 Å². The highest BCUT2D eigenvalue weighted by Gasteiger charge is 2.13. The summed E-state index contributed by atoms with van der Waals surface area (Å²) in [6.07, 6.45) is 0.901. The molecule has 17 heavy (non-hydrogen) atoms. The SMILES string of the molecule is NC(=O)CONC(=O)c1ccc2c(c1)CCN2. The molecule has 90 valence electrons. The van der Waals surface area contributed by atoms with E-state index >= 15 is 0 Å². The van der Waals surface area contributed by atoms with Gasteiger partial charge in [-0.25, -0.2) is 5.48 Å². The van der Waals surface area contributed by atoms with Gasteiger partial charge in [0, 0.05) is 17.8 Å². The Balaban J connectivity index is 1.97. The molecule has 1 aliphatic heterocycles. The highest BCUT2D eigenvalue weighted by atomic mass is 16.7. The number of anilines is 1. The summed E-state index contributed by atoms with van der Waals surface area (Å²) in [7, 11) is 0. The number of rotatable bonds is 4. The summed E-state index contributed by atoms with van der Waals surface area (Å²) in [5.74, 6) is -1.02. The minimum Gasteiger partial charge on any atom is -0.384 e. The number of hydrogen-bond donors (Lipinski definition) is 3. The fraction of sp³-hybridized carbons (Fsp3) is 0.273. The van der Waals surface area contributed by atoms with Gasteiger partial charge in [-0.05, 0) is 30.2 Å². The topological polar surface area (TPSA) is 93.5 Å². The molecule has 2 amide bonds. The van der Waals surface area contributed by atoms with Gasteiger partial charge in [-0.3, -0.25) is 14.4 Å². The van der Waals surface area contributed by atoms with E-state index in [1.807, 2.05) is 6.07 Å². The van der Waals surface area contributed by atoms with E-state index in [0.717, 1.165) is 24.2 Å². The Morgan fingerprint density at radius 3 is 3.06 bits per heavy atom. The molecule has 0 bridgehead atoms. The number of nitrogens with one attached hydrogen (secondary N) is 2. The monoisotopic (exact) mass is 235 g/mol. The minimum absolute atomic E-state index is 0.335. The molecule has 1 aromatic carbocycles. The van der Waals surface area contributed by atoms with Gasteiger partial charge >= 0.3 is 0 Å². The van der Waals surface area contributed by atoms with E-state index in [2.05, 4.69) is 15.6 Å². The number of hydrogen-bond acceptors (Lipinski definition) is 4. The molecule has 0 aliphatic carbocycles. The van der Waals surface area contributed by atoms with Crippen LogP contribution in [0.2, 0.25) is 0 Å². The van der Waals surface area contributed by atoms with Crippen molar-refractivity contribution in [3.05, 3.63) is 29.3 Å². The van der Waals surface area contributed by atoms with Gasteiger partial charge in [0.25, 0.3) is 5.91 Å². The van der Waals surface area contributed by atoms with Crippen molar-refractivity contribution in [1.82, 2.24) is 5.48 Å². The molecule has 0 aromatic heterocycles. The van der Waals surface area contributed by atoms with Crippen LogP contribution >= 0.6 is 0 Å². The van der Waals surface area contributed by atoms with E-state index in [0.29, 0.717) is 5.56 Å². The number of amides is 2. The number of primary amides is 1. The Bertz CT molecular complexity index is 459. The standard InChI is InChI=1S/C11H13N3O3/c12-10(15)6-17-14-11(16)8-1-2-9-7(5-8)3-4-13-9/h1-2,5,13H,3-4,6H2,(H2,12,15)(H,14,16). The van der Waals surface area contributed by atoms with Gasteiger partial charge in [-0.15, -0.1) is 0 Å². The van der Waals surface area contributed by atoms with Gasteiger partial charge in [0.1, 0.15) is 0 Å². The van der Waals surface area contributed by atoms with Crippen LogP contribution in [-0.2, 0) is 16.1 Å². The fourth-order valence-electron chi connectivity index (χ4n) is 1.68. The average Bonchev–Trinajstić information content (AvgIpc) is 2.75. The lowest BCUT2D eigenvalue weighted by Crippen LogP contribution is -2.29. The van der Waals surface area contributed by atoms with Crippen molar-refractivity contribution in [3.63, 3.8) is 0 Å². The number of hydroxylamine groups is 1. The van der Waals surface area contributed by atoms with E-state index in [1.165, 1.54) is 0 Å². The number of carbonyl (C=O) groups is 2. The van der Waals surface area contributed by atoms with Gasteiger partial charge in [-0.1, -0.05) is 0 Å². The molecular formula is C11H13N3O3. The van der Waals surface area contributed by atoms with Gasteiger partial charge in [0.05, 0.1) is 0 Å². The van der Waals surface area contributed by atoms with Crippen LogP contribution < -0.4 is 16.5 Å². The highest BCUT2D eigenvalue weighted by Crippen LogP contribution is 2.22. The van der Waals surface area contributed by atoms with Crippen molar-refractivity contribution < 1.29 is 14.4 Å². The second-order valence-electron chi connectivity index (χ2n) is 3.73. The normalized spacial score (nSPS) is 12.7. The van der Waals surface area contributed by atoms with Crippen LogP contribution in [0, 0.1) is 0 Å². The van der Waals surface area contributed by atoms with Crippen LogP contribution in [0.15, 0.2) is 18.2 Å². The molecule has 2 rings (SSSR count). The Kier molecular flexibility index (Phi) is 3.24. The van der Waals surface area contributed by atoms with Crippen LogP contribution in [0.5, 0.6) is 0 Å². The number of fused-ring (bicyclic) bond motifs is 1. The molecule has 1 aliphatic rings. The van der Waals surface area contributed by atoms with Crippen molar-refractivity contribution >= 4 is 17.5 Å². The third-order valence-corrected chi connectivity index (χ3v) is 2.46. The second-order valence-corrected chi connectivity index (χ2v) is 3.73. The predicted molar refractivity (Wildman–Crippen MR) is 61.2 cm³/mol. The summed E-state index contributed by atoms with van der Waals surface area (Å²) in [5, 5.41) is 3.20. The molecule has 0 saturated heterocycles. The van der Waals surface area contributed by atoms with E-state index < -0.39 is 5.91 Å². The van der Waals surface area contributed by atoms with Gasteiger partial charge < -0.3 is 11.1 Å². The van der Waals surface area contributed by atoms with Crippen molar-refractivity contribution in [3.8, 4) is 0 Å². The molecule has 0 fully saturated rings. The summed E-state index contributed by atoms with van der Waals surface area (Å²) in [6, 6.07) is 5.35. The third kappa shape index (κ3) is 2.73. The van der Waals surface area contributed by atoms with E-state index in [1.54, 1.807) is 12.1 Å². The maximum atomic E-state index is 11.6. The number of carbonyl (C=O) groups excluding carboxylic acids is 2. The third-order valence-electron chi connectivity index (χ3n) is 2.46. The van der Waals surface area contributed by atoms with Crippen LogP contribution in [-0.4, -0.2) is 25.0 Å². The molecule has 0 atom stereocenters. The predicted octanol–water partition coefficient (Wildman–Crippen LogP) is -0.199. The lowest BCUT2D eigenvalue weighted by atomic mass is 10.1. The quantitative estimate of drug-likeness (QED) is 0.630. The first-order valence-electron chi connectivity index (χ1n) is 5.24. The molecule has 1 heterocycles. The number of benzene rings is 1. The highest BCUT2D eigenvalue weighted by molar-refractivity contribution is 5.94. The van der Waals surface area contributed by atoms with Crippen LogP contribution in [0.25, 0.3) is 0 Å². The van der Waals surface area contributed by atoms with Gasteiger partial charge in [0.2, 0.25) is 5.91 Å². The van der Waals surface area contributed by atoms with E-state index in [4.69, 9.17) is 5.73 Å². The lowest BCUT2D eigenvalue weighted by molar-refractivity contribution is -0.124. The maximum absolute atomic E-state index is 11.6. The summed E-state index contributed by atoms with van der Waals surface area (Å²) in [5.41, 5.74) is 9.69. The van der Waals surface area contributed by atoms with E-state index in [9.17, 15) is 9.59 Å². The molecule has 1 aromatic rings. The summed E-state index contributed by atoms with van der Waals surface area (Å²) >= 11 is 0. The van der Waals surface area contributed by atoms with Gasteiger partial charge in [-0.2, -0.15) is 0 Å². The zero-order valence-electron chi connectivity index (χ0n) is 9.16. The fourth-order valence-corrected chi connectivity index (χ4v) is 1.68. The van der Waals surface area contributed by atoms with Crippen molar-refractivity contribution in [2.45, 2.75) is 6.42 Å². The Labute approximate surface area is 98.1 Å². The molecular weight excluding hydrogens is 222 g/mol.